The first-order valence-corrected chi connectivity index (χ1v) is 13.4. The van der Waals surface area contributed by atoms with Gasteiger partial charge in [0, 0.05) is 11.7 Å². The number of carbonyl (C=O) groups excluding carboxylic acids is 3. The minimum atomic E-state index is -0.905. The van der Waals surface area contributed by atoms with E-state index in [0.717, 1.165) is 22.3 Å². The maximum absolute atomic E-state index is 14.2. The molecule has 0 aliphatic carbocycles. The SMILES string of the molecule is Cc1ccc(C)c(C(C(=O)Nc2ccccc2C)N(C(=O)C(CC(C)C)NC(=O)OC(C)(C)C)C(C)C)c1. The summed E-state index contributed by atoms with van der Waals surface area (Å²) in [6, 6.07) is 11.4. The first kappa shape index (κ1) is 30.9. The average Bonchev–Trinajstić information content (AvgIpc) is 2.78. The van der Waals surface area contributed by atoms with Crippen LogP contribution in [-0.4, -0.2) is 40.5 Å². The van der Waals surface area contributed by atoms with E-state index in [1.807, 2.05) is 90.9 Å². The molecular formula is C31H45N3O4. The number of rotatable bonds is 9. The number of nitrogens with one attached hydrogen (secondary N) is 2. The second kappa shape index (κ2) is 12.9. The number of aryl methyl sites for hydroxylation is 3. The van der Waals surface area contributed by atoms with Gasteiger partial charge in [-0.1, -0.05) is 55.8 Å². The third-order valence-electron chi connectivity index (χ3n) is 6.17. The number of alkyl carbamates (subject to hydrolysis) is 1. The fraction of sp³-hybridized carbons (Fsp3) is 0.516. The van der Waals surface area contributed by atoms with Crippen LogP contribution in [0.5, 0.6) is 0 Å². The smallest absolute Gasteiger partial charge is 0.408 e. The van der Waals surface area contributed by atoms with Crippen molar-refractivity contribution in [3.05, 3.63) is 64.7 Å². The lowest BCUT2D eigenvalue weighted by molar-refractivity contribution is -0.143. The number of hydrogen-bond acceptors (Lipinski definition) is 4. The highest BCUT2D eigenvalue weighted by molar-refractivity contribution is 5.99. The summed E-state index contributed by atoms with van der Waals surface area (Å²) in [5.41, 5.74) is 3.54. The normalized spacial score (nSPS) is 13.2. The molecular weight excluding hydrogens is 478 g/mol. The average molecular weight is 524 g/mol. The largest absolute Gasteiger partial charge is 0.444 e. The molecule has 38 heavy (non-hydrogen) atoms. The highest BCUT2D eigenvalue weighted by atomic mass is 16.6. The number of nitrogens with zero attached hydrogens (tertiary/aromatic N) is 1. The standard InChI is InChI=1S/C31H45N3O4/c1-19(2)17-26(33-30(37)38-31(8,9)10)29(36)34(20(3)4)27(24-18-21(5)15-16-22(24)6)28(35)32-25-14-12-11-13-23(25)7/h11-16,18-20,26-27H,17H2,1-10H3,(H,32,35)(H,33,37). The van der Waals surface area contributed by atoms with Crippen molar-refractivity contribution in [2.75, 3.05) is 5.32 Å². The number of ether oxygens (including phenoxy) is 1. The molecule has 0 radical (unpaired) electrons. The van der Waals surface area contributed by atoms with Gasteiger partial charge in [0.2, 0.25) is 5.91 Å². The molecule has 0 bridgehead atoms. The Morgan fingerprint density at radius 1 is 0.921 bits per heavy atom. The van der Waals surface area contributed by atoms with E-state index in [2.05, 4.69) is 10.6 Å². The Morgan fingerprint density at radius 2 is 1.55 bits per heavy atom. The van der Waals surface area contributed by atoms with Crippen molar-refractivity contribution >= 4 is 23.6 Å². The zero-order valence-electron chi connectivity index (χ0n) is 24.6. The molecule has 0 fully saturated rings. The van der Waals surface area contributed by atoms with E-state index in [4.69, 9.17) is 4.74 Å². The van der Waals surface area contributed by atoms with Gasteiger partial charge in [-0.3, -0.25) is 9.59 Å². The third kappa shape index (κ3) is 8.61. The summed E-state index contributed by atoms with van der Waals surface area (Å²) in [6.45, 7) is 18.9. The Hall–Kier alpha value is -3.35. The molecule has 3 amide bonds. The lowest BCUT2D eigenvalue weighted by atomic mass is 9.94. The summed E-state index contributed by atoms with van der Waals surface area (Å²) in [5.74, 6) is -0.520. The Kier molecular flexibility index (Phi) is 10.5. The Labute approximate surface area is 228 Å². The number of hydrogen-bond donors (Lipinski definition) is 2. The molecule has 0 heterocycles. The van der Waals surface area contributed by atoms with Crippen LogP contribution >= 0.6 is 0 Å². The van der Waals surface area contributed by atoms with Gasteiger partial charge in [-0.2, -0.15) is 0 Å². The van der Waals surface area contributed by atoms with Crippen molar-refractivity contribution in [2.45, 2.75) is 99.4 Å². The van der Waals surface area contributed by atoms with Gasteiger partial charge in [-0.25, -0.2) is 4.79 Å². The molecule has 0 saturated carbocycles. The predicted octanol–water partition coefficient (Wildman–Crippen LogP) is 6.47. The molecule has 0 spiro atoms. The predicted molar refractivity (Wildman–Crippen MR) is 153 cm³/mol. The Morgan fingerprint density at radius 3 is 2.11 bits per heavy atom. The van der Waals surface area contributed by atoms with Crippen molar-refractivity contribution in [1.29, 1.82) is 0 Å². The first-order valence-electron chi connectivity index (χ1n) is 13.4. The molecule has 208 valence electrons. The molecule has 2 N–H and O–H groups in total. The van der Waals surface area contributed by atoms with E-state index in [1.165, 1.54) is 0 Å². The maximum Gasteiger partial charge on any atom is 0.408 e. The van der Waals surface area contributed by atoms with E-state index in [0.29, 0.717) is 12.1 Å². The molecule has 2 unspecified atom stereocenters. The van der Waals surface area contributed by atoms with E-state index >= 15 is 0 Å². The van der Waals surface area contributed by atoms with E-state index in [1.54, 1.807) is 25.7 Å². The third-order valence-corrected chi connectivity index (χ3v) is 6.17. The van der Waals surface area contributed by atoms with Crippen LogP contribution in [0.1, 0.15) is 83.2 Å². The summed E-state index contributed by atoms with van der Waals surface area (Å²) in [4.78, 5) is 42.6. The van der Waals surface area contributed by atoms with Gasteiger partial charge in [-0.05, 0) is 90.5 Å². The van der Waals surface area contributed by atoms with Crippen molar-refractivity contribution in [2.24, 2.45) is 5.92 Å². The first-order chi connectivity index (χ1) is 17.6. The molecule has 2 aromatic carbocycles. The zero-order valence-corrected chi connectivity index (χ0v) is 24.6. The molecule has 0 aliphatic rings. The molecule has 2 atom stereocenters. The van der Waals surface area contributed by atoms with Crippen LogP contribution in [0, 0.1) is 26.7 Å². The topological polar surface area (TPSA) is 87.7 Å². The van der Waals surface area contributed by atoms with Crippen molar-refractivity contribution < 1.29 is 19.1 Å². The minimum Gasteiger partial charge on any atom is -0.444 e. The maximum atomic E-state index is 14.2. The summed E-state index contributed by atoms with van der Waals surface area (Å²) in [5, 5.41) is 5.84. The van der Waals surface area contributed by atoms with Crippen LogP contribution in [0.4, 0.5) is 10.5 Å². The van der Waals surface area contributed by atoms with Crippen LogP contribution < -0.4 is 10.6 Å². The molecule has 0 saturated heterocycles. The van der Waals surface area contributed by atoms with Gasteiger partial charge in [0.1, 0.15) is 17.7 Å². The van der Waals surface area contributed by atoms with Gasteiger partial charge in [0.15, 0.2) is 0 Å². The lowest BCUT2D eigenvalue weighted by Crippen LogP contribution is -2.54. The van der Waals surface area contributed by atoms with Gasteiger partial charge in [-0.15, -0.1) is 0 Å². The molecule has 2 rings (SSSR count). The van der Waals surface area contributed by atoms with Crippen molar-refractivity contribution in [1.82, 2.24) is 10.2 Å². The lowest BCUT2D eigenvalue weighted by Gasteiger charge is -2.38. The van der Waals surface area contributed by atoms with Crippen LogP contribution in [0.15, 0.2) is 42.5 Å². The van der Waals surface area contributed by atoms with E-state index in [-0.39, 0.29) is 23.8 Å². The van der Waals surface area contributed by atoms with Crippen LogP contribution in [0.2, 0.25) is 0 Å². The highest BCUT2D eigenvalue weighted by Gasteiger charge is 2.38. The summed E-state index contributed by atoms with van der Waals surface area (Å²) >= 11 is 0. The Balaban J connectivity index is 2.59. The number of benzene rings is 2. The number of amides is 3. The fourth-order valence-electron chi connectivity index (χ4n) is 4.39. The van der Waals surface area contributed by atoms with Crippen molar-refractivity contribution in [3.63, 3.8) is 0 Å². The molecule has 7 heteroatoms. The van der Waals surface area contributed by atoms with Crippen molar-refractivity contribution in [3.8, 4) is 0 Å². The van der Waals surface area contributed by atoms with Gasteiger partial charge in [0.05, 0.1) is 0 Å². The quantitative estimate of drug-likeness (QED) is 0.394. The molecule has 7 nitrogen and oxygen atoms in total. The summed E-state index contributed by atoms with van der Waals surface area (Å²) < 4.78 is 5.46. The zero-order chi connectivity index (χ0) is 28.8. The second-order valence-electron chi connectivity index (χ2n) is 11.7. The minimum absolute atomic E-state index is 0.118. The second-order valence-corrected chi connectivity index (χ2v) is 11.7. The summed E-state index contributed by atoms with van der Waals surface area (Å²) in [6.07, 6.45) is -0.256. The molecule has 0 aromatic heterocycles. The van der Waals surface area contributed by atoms with Crippen LogP contribution in [-0.2, 0) is 14.3 Å². The summed E-state index contributed by atoms with van der Waals surface area (Å²) in [7, 11) is 0. The van der Waals surface area contributed by atoms with E-state index in [9.17, 15) is 14.4 Å². The number of para-hydroxylation sites is 1. The van der Waals surface area contributed by atoms with Gasteiger partial charge in [0.25, 0.3) is 5.91 Å². The Bertz CT molecular complexity index is 1130. The monoisotopic (exact) mass is 523 g/mol. The van der Waals surface area contributed by atoms with Gasteiger partial charge < -0.3 is 20.3 Å². The van der Waals surface area contributed by atoms with Crippen LogP contribution in [0.25, 0.3) is 0 Å². The fourth-order valence-corrected chi connectivity index (χ4v) is 4.39. The van der Waals surface area contributed by atoms with E-state index < -0.39 is 23.8 Å². The highest BCUT2D eigenvalue weighted by Crippen LogP contribution is 2.30. The van der Waals surface area contributed by atoms with Crippen LogP contribution in [0.3, 0.4) is 0 Å². The molecule has 2 aromatic rings. The molecule has 0 aliphatic heterocycles. The number of carbonyl (C=O) groups is 3. The van der Waals surface area contributed by atoms with Gasteiger partial charge >= 0.3 is 6.09 Å². The number of anilines is 1.